The molecule has 2 rings (SSSR count). The van der Waals surface area contributed by atoms with Gasteiger partial charge in [0.05, 0.1) is 10.9 Å². The lowest BCUT2D eigenvalue weighted by Gasteiger charge is -2.20. The SMILES string of the molecule is O=C(NC1CCCCCC1Cl)c1ccc(C(F)(F)F)cn1. The summed E-state index contributed by atoms with van der Waals surface area (Å²) in [5.74, 6) is -0.485. The molecule has 3 nitrogen and oxygen atoms in total. The Morgan fingerprint density at radius 3 is 2.57 bits per heavy atom. The first-order chi connectivity index (χ1) is 9.88. The maximum atomic E-state index is 12.4. The quantitative estimate of drug-likeness (QED) is 0.666. The van der Waals surface area contributed by atoms with Crippen LogP contribution in [-0.4, -0.2) is 22.3 Å². The Balaban J connectivity index is 2.02. The number of aromatic nitrogens is 1. The van der Waals surface area contributed by atoms with Crippen molar-refractivity contribution >= 4 is 17.5 Å². The second kappa shape index (κ2) is 6.64. The molecule has 7 heteroatoms. The Bertz CT molecular complexity index is 490. The average molecular weight is 321 g/mol. The van der Waals surface area contributed by atoms with E-state index in [9.17, 15) is 18.0 Å². The van der Waals surface area contributed by atoms with E-state index >= 15 is 0 Å². The average Bonchev–Trinajstić information content (AvgIpc) is 2.63. The monoisotopic (exact) mass is 320 g/mol. The molecule has 1 aliphatic carbocycles. The predicted octanol–water partition coefficient (Wildman–Crippen LogP) is 3.77. The number of halogens is 4. The zero-order valence-electron chi connectivity index (χ0n) is 11.3. The number of hydrogen-bond acceptors (Lipinski definition) is 2. The van der Waals surface area contributed by atoms with Crippen LogP contribution in [0.15, 0.2) is 18.3 Å². The Kier molecular flexibility index (Phi) is 5.08. The van der Waals surface area contributed by atoms with Crippen molar-refractivity contribution in [3.63, 3.8) is 0 Å². The first kappa shape index (κ1) is 16.1. The Morgan fingerprint density at radius 2 is 1.95 bits per heavy atom. The van der Waals surface area contributed by atoms with Gasteiger partial charge in [0.1, 0.15) is 5.69 Å². The molecule has 1 aromatic rings. The first-order valence-corrected chi connectivity index (χ1v) is 7.30. The van der Waals surface area contributed by atoms with Crippen molar-refractivity contribution in [3.05, 3.63) is 29.6 Å². The normalized spacial score (nSPS) is 23.4. The lowest BCUT2D eigenvalue weighted by atomic mass is 10.1. The van der Waals surface area contributed by atoms with Crippen LogP contribution >= 0.6 is 11.6 Å². The van der Waals surface area contributed by atoms with E-state index < -0.39 is 17.6 Å². The van der Waals surface area contributed by atoms with Gasteiger partial charge >= 0.3 is 6.18 Å². The van der Waals surface area contributed by atoms with E-state index in [1.165, 1.54) is 0 Å². The summed E-state index contributed by atoms with van der Waals surface area (Å²) in [5, 5.41) is 2.62. The van der Waals surface area contributed by atoms with Crippen LogP contribution in [0.5, 0.6) is 0 Å². The molecule has 1 aromatic heterocycles. The van der Waals surface area contributed by atoms with Gasteiger partial charge in [-0.15, -0.1) is 11.6 Å². The number of rotatable bonds is 2. The molecule has 1 fully saturated rings. The lowest BCUT2D eigenvalue weighted by Crippen LogP contribution is -2.40. The van der Waals surface area contributed by atoms with Crippen LogP contribution in [0.4, 0.5) is 13.2 Å². The summed E-state index contributed by atoms with van der Waals surface area (Å²) in [6.07, 6.45) is 0.903. The number of hydrogen-bond donors (Lipinski definition) is 1. The smallest absolute Gasteiger partial charge is 0.346 e. The van der Waals surface area contributed by atoms with Crippen molar-refractivity contribution in [3.8, 4) is 0 Å². The van der Waals surface area contributed by atoms with Crippen molar-refractivity contribution in [2.75, 3.05) is 0 Å². The third-order valence-corrected chi connectivity index (χ3v) is 4.09. The Hall–Kier alpha value is -1.30. The largest absolute Gasteiger partial charge is 0.417 e. The van der Waals surface area contributed by atoms with Crippen LogP contribution < -0.4 is 5.32 Å². The van der Waals surface area contributed by atoms with Gasteiger partial charge < -0.3 is 5.32 Å². The van der Waals surface area contributed by atoms with Gasteiger partial charge in [-0.1, -0.05) is 19.3 Å². The van der Waals surface area contributed by atoms with Crippen molar-refractivity contribution in [1.82, 2.24) is 10.3 Å². The molecule has 1 amide bonds. The summed E-state index contributed by atoms with van der Waals surface area (Å²) in [6.45, 7) is 0. The fourth-order valence-corrected chi connectivity index (χ4v) is 2.71. The number of carbonyl (C=O) groups is 1. The molecule has 0 aromatic carbocycles. The van der Waals surface area contributed by atoms with Gasteiger partial charge in [-0.05, 0) is 25.0 Å². The summed E-state index contributed by atoms with van der Waals surface area (Å²) < 4.78 is 37.3. The van der Waals surface area contributed by atoms with Crippen LogP contribution in [0.1, 0.15) is 48.2 Å². The van der Waals surface area contributed by atoms with Crippen molar-refractivity contribution in [1.29, 1.82) is 0 Å². The highest BCUT2D eigenvalue weighted by Gasteiger charge is 2.31. The van der Waals surface area contributed by atoms with E-state index in [1.807, 2.05) is 0 Å². The topological polar surface area (TPSA) is 42.0 Å². The molecular formula is C14H16ClF3N2O. The van der Waals surface area contributed by atoms with Crippen molar-refractivity contribution < 1.29 is 18.0 Å². The molecule has 0 saturated heterocycles. The number of nitrogens with zero attached hydrogens (tertiary/aromatic N) is 1. The predicted molar refractivity (Wildman–Crippen MR) is 73.2 cm³/mol. The Morgan fingerprint density at radius 1 is 1.24 bits per heavy atom. The van der Waals surface area contributed by atoms with Crippen LogP contribution in [0.2, 0.25) is 0 Å². The number of carbonyl (C=O) groups excluding carboxylic acids is 1. The molecule has 116 valence electrons. The number of pyridine rings is 1. The Labute approximate surface area is 125 Å². The van der Waals surface area contributed by atoms with Gasteiger partial charge in [0.2, 0.25) is 0 Å². The van der Waals surface area contributed by atoms with E-state index in [0.29, 0.717) is 6.20 Å². The maximum absolute atomic E-state index is 12.4. The highest BCUT2D eigenvalue weighted by atomic mass is 35.5. The van der Waals surface area contributed by atoms with Crippen LogP contribution in [0.3, 0.4) is 0 Å². The summed E-state index contributed by atoms with van der Waals surface area (Å²) in [6, 6.07) is 1.77. The summed E-state index contributed by atoms with van der Waals surface area (Å²) in [5.41, 5.74) is -0.903. The number of alkyl halides is 4. The molecule has 21 heavy (non-hydrogen) atoms. The zero-order valence-corrected chi connectivity index (χ0v) is 12.0. The standard InChI is InChI=1S/C14H16ClF3N2O/c15-10-4-2-1-3-5-11(10)20-13(21)12-7-6-9(8-19-12)14(16,17)18/h6-8,10-11H,1-5H2,(H,20,21). The van der Waals surface area contributed by atoms with E-state index in [4.69, 9.17) is 11.6 Å². The lowest BCUT2D eigenvalue weighted by molar-refractivity contribution is -0.137. The van der Waals surface area contributed by atoms with Crippen LogP contribution in [-0.2, 0) is 6.18 Å². The van der Waals surface area contributed by atoms with Gasteiger partial charge in [0.15, 0.2) is 0 Å². The third kappa shape index (κ3) is 4.33. The number of amides is 1. The zero-order chi connectivity index (χ0) is 15.5. The van der Waals surface area contributed by atoms with Gasteiger partial charge in [-0.2, -0.15) is 13.2 Å². The van der Waals surface area contributed by atoms with Crippen molar-refractivity contribution in [2.24, 2.45) is 0 Å². The van der Waals surface area contributed by atoms with E-state index in [0.717, 1.165) is 44.2 Å². The molecule has 1 heterocycles. The minimum absolute atomic E-state index is 0.0314. The van der Waals surface area contributed by atoms with Gasteiger partial charge in [0.25, 0.3) is 5.91 Å². The van der Waals surface area contributed by atoms with Crippen LogP contribution in [0.25, 0.3) is 0 Å². The van der Waals surface area contributed by atoms with E-state index in [1.54, 1.807) is 0 Å². The number of nitrogens with one attached hydrogen (secondary N) is 1. The van der Waals surface area contributed by atoms with Gasteiger partial charge in [-0.25, -0.2) is 0 Å². The van der Waals surface area contributed by atoms with E-state index in [2.05, 4.69) is 10.3 Å². The molecule has 0 aliphatic heterocycles. The second-order valence-corrected chi connectivity index (χ2v) is 5.72. The molecule has 1 saturated carbocycles. The molecular weight excluding hydrogens is 305 g/mol. The molecule has 0 spiro atoms. The highest BCUT2D eigenvalue weighted by Crippen LogP contribution is 2.28. The molecule has 2 atom stereocenters. The molecule has 1 aliphatic rings. The summed E-state index contributed by atoms with van der Waals surface area (Å²) >= 11 is 6.22. The molecule has 2 unspecified atom stereocenters. The molecule has 0 radical (unpaired) electrons. The fourth-order valence-electron chi connectivity index (χ4n) is 2.36. The van der Waals surface area contributed by atoms with Crippen molar-refractivity contribution in [2.45, 2.75) is 49.7 Å². The highest BCUT2D eigenvalue weighted by molar-refractivity contribution is 6.21. The second-order valence-electron chi connectivity index (χ2n) is 5.16. The van der Waals surface area contributed by atoms with Gasteiger partial charge in [0, 0.05) is 12.2 Å². The molecule has 1 N–H and O–H groups in total. The van der Waals surface area contributed by atoms with Gasteiger partial charge in [-0.3, -0.25) is 9.78 Å². The van der Waals surface area contributed by atoms with E-state index in [-0.39, 0.29) is 17.1 Å². The minimum atomic E-state index is -4.45. The third-order valence-electron chi connectivity index (χ3n) is 3.57. The fraction of sp³-hybridized carbons (Fsp3) is 0.571. The maximum Gasteiger partial charge on any atom is 0.417 e. The summed E-state index contributed by atoms with van der Waals surface area (Å²) in [4.78, 5) is 15.6. The first-order valence-electron chi connectivity index (χ1n) is 6.86. The minimum Gasteiger partial charge on any atom is -0.346 e. The molecule has 0 bridgehead atoms. The summed E-state index contributed by atoms with van der Waals surface area (Å²) in [7, 11) is 0. The van der Waals surface area contributed by atoms with Crippen LogP contribution in [0, 0.1) is 0 Å².